The van der Waals surface area contributed by atoms with Crippen LogP contribution in [0.25, 0.3) is 22.0 Å². The molecule has 5 N–H and O–H groups in total. The lowest BCUT2D eigenvalue weighted by Crippen LogP contribution is -2.31. The molecule has 2 aliphatic rings. The van der Waals surface area contributed by atoms with Gasteiger partial charge < -0.3 is 16.8 Å². The topological polar surface area (TPSA) is 120 Å². The molecule has 1 aliphatic carbocycles. The van der Waals surface area contributed by atoms with Gasteiger partial charge in [0.15, 0.2) is 0 Å². The number of hydrogen-bond donors (Lipinski definition) is 3. The molecule has 5 rings (SSSR count). The molecule has 2 aromatic carbocycles. The second-order valence-electron chi connectivity index (χ2n) is 11.6. The Balaban J connectivity index is 0.000000531. The van der Waals surface area contributed by atoms with Crippen LogP contribution in [0.5, 0.6) is 0 Å². The van der Waals surface area contributed by atoms with Crippen molar-refractivity contribution in [3.8, 4) is 11.1 Å². The van der Waals surface area contributed by atoms with Gasteiger partial charge in [-0.1, -0.05) is 46.1 Å². The van der Waals surface area contributed by atoms with Crippen molar-refractivity contribution in [1.82, 2.24) is 4.57 Å². The number of fused-ring (bicyclic) bond motifs is 3. The van der Waals surface area contributed by atoms with Gasteiger partial charge in [0.1, 0.15) is 5.82 Å². The average Bonchev–Trinajstić information content (AvgIpc) is 3.17. The predicted octanol–water partition coefficient (Wildman–Crippen LogP) is 6.18. The molecule has 7 nitrogen and oxygen atoms in total. The molecule has 208 valence electrons. The van der Waals surface area contributed by atoms with Crippen molar-refractivity contribution in [2.24, 2.45) is 16.9 Å². The Kier molecular flexibility index (Phi) is 8.42. The maximum absolute atomic E-state index is 14.2. The van der Waals surface area contributed by atoms with Crippen LogP contribution in [-0.2, 0) is 11.2 Å². The quantitative estimate of drug-likeness (QED) is 0.350. The molecule has 39 heavy (non-hydrogen) atoms. The minimum Gasteiger partial charge on any atom is -0.382 e. The van der Waals surface area contributed by atoms with E-state index in [-0.39, 0.29) is 23.0 Å². The number of nitrogens with one attached hydrogen (secondary N) is 1. The molecule has 0 atom stereocenters. The van der Waals surface area contributed by atoms with Crippen LogP contribution >= 0.6 is 0 Å². The number of hydrogen-bond acceptors (Lipinski definition) is 4. The number of carbonyl (C=O) groups excluding carboxylic acids is 3. The van der Waals surface area contributed by atoms with Crippen LogP contribution in [0.4, 0.5) is 10.1 Å². The Bertz CT molecular complexity index is 1400. The number of amides is 2. The third-order valence-electron chi connectivity index (χ3n) is 7.59. The fraction of sp³-hybridized carbons (Fsp3) is 0.452. The summed E-state index contributed by atoms with van der Waals surface area (Å²) in [6.07, 6.45) is 8.19. The largest absolute Gasteiger partial charge is 0.382 e. The van der Waals surface area contributed by atoms with Crippen molar-refractivity contribution in [3.05, 3.63) is 53.5 Å². The molecule has 0 unspecified atom stereocenters. The van der Waals surface area contributed by atoms with Crippen LogP contribution in [0.1, 0.15) is 93.0 Å². The van der Waals surface area contributed by atoms with Crippen LogP contribution in [0, 0.1) is 11.2 Å². The zero-order chi connectivity index (χ0) is 28.3. The number of aromatic nitrogens is 1. The molecule has 8 heteroatoms. The summed E-state index contributed by atoms with van der Waals surface area (Å²) in [5, 5.41) is 4.40. The van der Waals surface area contributed by atoms with Crippen molar-refractivity contribution in [2.75, 3.05) is 5.32 Å². The summed E-state index contributed by atoms with van der Waals surface area (Å²) in [4.78, 5) is 35.1. The molecule has 0 saturated heterocycles. The first-order valence-electron chi connectivity index (χ1n) is 13.9. The van der Waals surface area contributed by atoms with Gasteiger partial charge in [0.05, 0.1) is 11.1 Å². The molecule has 1 aromatic heterocycles. The van der Waals surface area contributed by atoms with Crippen molar-refractivity contribution in [1.29, 1.82) is 0 Å². The standard InChI is InChI=1S/C27H30FN3O2.C4H9NO/c1-27(2)14-23-25(20-11-9-17(28)13-22(20)31(23)24(32)15-27)16-8-10-19(26(29)33)21(12-16)30-18-6-4-3-5-7-18;1-2-3-4(5)6/h8-13,18,30H,3-7,14-15H2,1-2H3,(H2,29,33);2-3H2,1H3,(H2,5,6). The number of benzene rings is 2. The second kappa shape index (κ2) is 11.6. The van der Waals surface area contributed by atoms with Gasteiger partial charge in [-0.3, -0.25) is 19.0 Å². The number of halogens is 1. The summed E-state index contributed by atoms with van der Waals surface area (Å²) in [5.74, 6) is -1.06. The SMILES string of the molecule is CC1(C)CC(=O)n2c(c(-c3ccc(C(N)=O)c(NC4CCCCC4)c3)c3ccc(F)cc32)C1.CCCC(N)=O. The first kappa shape index (κ1) is 28.3. The summed E-state index contributed by atoms with van der Waals surface area (Å²) in [7, 11) is 0. The number of nitrogens with two attached hydrogens (primary N) is 2. The second-order valence-corrected chi connectivity index (χ2v) is 11.6. The smallest absolute Gasteiger partial charge is 0.250 e. The molecule has 2 heterocycles. The van der Waals surface area contributed by atoms with E-state index in [1.54, 1.807) is 16.7 Å². The van der Waals surface area contributed by atoms with Crippen molar-refractivity contribution < 1.29 is 18.8 Å². The Morgan fingerprint density at radius 2 is 1.77 bits per heavy atom. The fourth-order valence-corrected chi connectivity index (χ4v) is 5.84. The van der Waals surface area contributed by atoms with E-state index < -0.39 is 5.91 Å². The first-order chi connectivity index (χ1) is 18.5. The first-order valence-corrected chi connectivity index (χ1v) is 13.9. The van der Waals surface area contributed by atoms with Crippen molar-refractivity contribution >= 4 is 34.3 Å². The van der Waals surface area contributed by atoms with Crippen LogP contribution in [-0.4, -0.2) is 28.3 Å². The van der Waals surface area contributed by atoms with E-state index in [1.807, 2.05) is 19.1 Å². The van der Waals surface area contributed by atoms with Gasteiger partial charge in [0.25, 0.3) is 5.91 Å². The number of nitrogens with zero attached hydrogens (tertiary/aromatic N) is 1. The van der Waals surface area contributed by atoms with E-state index in [9.17, 15) is 18.8 Å². The molecule has 3 aromatic rings. The highest BCUT2D eigenvalue weighted by atomic mass is 19.1. The number of rotatable bonds is 6. The zero-order valence-electron chi connectivity index (χ0n) is 23.1. The summed E-state index contributed by atoms with van der Waals surface area (Å²) < 4.78 is 15.9. The molecular formula is C31H39FN4O3. The molecular weight excluding hydrogens is 495 g/mol. The van der Waals surface area contributed by atoms with Crippen LogP contribution in [0.15, 0.2) is 36.4 Å². The highest BCUT2D eigenvalue weighted by Crippen LogP contribution is 2.43. The lowest BCUT2D eigenvalue weighted by molar-refractivity contribution is -0.118. The van der Waals surface area contributed by atoms with Crippen LogP contribution in [0.3, 0.4) is 0 Å². The molecule has 1 aliphatic heterocycles. The molecule has 1 fully saturated rings. The number of carbonyl (C=O) groups is 3. The minimum atomic E-state index is -0.470. The van der Waals surface area contributed by atoms with Gasteiger partial charge >= 0.3 is 0 Å². The van der Waals surface area contributed by atoms with Crippen LogP contribution in [0.2, 0.25) is 0 Å². The van der Waals surface area contributed by atoms with E-state index in [0.29, 0.717) is 36.4 Å². The van der Waals surface area contributed by atoms with Crippen molar-refractivity contribution in [2.45, 2.75) is 84.6 Å². The van der Waals surface area contributed by atoms with Gasteiger partial charge in [0, 0.05) is 41.2 Å². The monoisotopic (exact) mass is 534 g/mol. The summed E-state index contributed by atoms with van der Waals surface area (Å²) >= 11 is 0. The predicted molar refractivity (Wildman–Crippen MR) is 153 cm³/mol. The fourth-order valence-electron chi connectivity index (χ4n) is 5.84. The lowest BCUT2D eigenvalue weighted by atomic mass is 9.80. The Morgan fingerprint density at radius 1 is 1.05 bits per heavy atom. The van der Waals surface area contributed by atoms with Crippen LogP contribution < -0.4 is 16.8 Å². The Labute approximate surface area is 229 Å². The van der Waals surface area contributed by atoms with Gasteiger partial charge in [-0.25, -0.2) is 4.39 Å². The Morgan fingerprint density at radius 3 is 2.38 bits per heavy atom. The molecule has 0 radical (unpaired) electrons. The van der Waals surface area contributed by atoms with Gasteiger partial charge in [0.2, 0.25) is 11.8 Å². The highest BCUT2D eigenvalue weighted by Gasteiger charge is 2.35. The van der Waals surface area contributed by atoms with E-state index in [1.165, 1.54) is 31.4 Å². The molecule has 2 amide bonds. The summed E-state index contributed by atoms with van der Waals surface area (Å²) in [6.45, 7) is 6.09. The summed E-state index contributed by atoms with van der Waals surface area (Å²) in [6, 6.07) is 10.6. The molecule has 0 bridgehead atoms. The maximum atomic E-state index is 14.2. The average molecular weight is 535 g/mol. The molecule has 0 spiro atoms. The van der Waals surface area contributed by atoms with Gasteiger partial charge in [-0.05, 0) is 67.0 Å². The summed E-state index contributed by atoms with van der Waals surface area (Å²) in [5.41, 5.74) is 14.8. The Hall–Kier alpha value is -3.68. The van der Waals surface area contributed by atoms with E-state index >= 15 is 0 Å². The number of anilines is 1. The third-order valence-corrected chi connectivity index (χ3v) is 7.59. The van der Waals surface area contributed by atoms with E-state index in [4.69, 9.17) is 11.5 Å². The maximum Gasteiger partial charge on any atom is 0.250 e. The number of primary amides is 2. The van der Waals surface area contributed by atoms with Gasteiger partial charge in [-0.15, -0.1) is 0 Å². The highest BCUT2D eigenvalue weighted by molar-refractivity contribution is 6.06. The zero-order valence-corrected chi connectivity index (χ0v) is 23.1. The van der Waals surface area contributed by atoms with E-state index in [2.05, 4.69) is 19.2 Å². The lowest BCUT2D eigenvalue weighted by Gasteiger charge is -2.30. The molecule has 1 saturated carbocycles. The van der Waals surface area contributed by atoms with E-state index in [0.717, 1.165) is 47.2 Å². The minimum absolute atomic E-state index is 0.0163. The normalized spacial score (nSPS) is 16.8. The van der Waals surface area contributed by atoms with Gasteiger partial charge in [-0.2, -0.15) is 0 Å². The van der Waals surface area contributed by atoms with Crippen molar-refractivity contribution in [3.63, 3.8) is 0 Å². The third kappa shape index (κ3) is 6.32.